The molecule has 48 heavy (non-hydrogen) atoms. The molecular weight excluding hydrogens is 604 g/mol. The Morgan fingerprint density at radius 2 is 1.75 bits per heavy atom. The average Bonchev–Trinajstić information content (AvgIpc) is 3.47. The van der Waals surface area contributed by atoms with Crippen LogP contribution >= 0.6 is 0 Å². The van der Waals surface area contributed by atoms with E-state index in [0.717, 1.165) is 55.2 Å². The lowest BCUT2D eigenvalue weighted by Gasteiger charge is -2.53. The first-order valence-corrected chi connectivity index (χ1v) is 17.5. The highest BCUT2D eigenvalue weighted by Crippen LogP contribution is 2.47. The van der Waals surface area contributed by atoms with Crippen LogP contribution in [0, 0.1) is 5.92 Å². The van der Waals surface area contributed by atoms with E-state index in [1.54, 1.807) is 0 Å². The molecule has 2 fully saturated rings. The highest BCUT2D eigenvalue weighted by molar-refractivity contribution is 5.87. The van der Waals surface area contributed by atoms with Crippen molar-refractivity contribution in [1.29, 1.82) is 0 Å². The van der Waals surface area contributed by atoms with Gasteiger partial charge >= 0.3 is 6.09 Å². The summed E-state index contributed by atoms with van der Waals surface area (Å²) in [5.74, 6) is 0.897. The quantitative estimate of drug-likeness (QED) is 0.333. The molecule has 9 heteroatoms. The number of aromatic nitrogens is 1. The molecule has 256 valence electrons. The molecule has 0 bridgehead atoms. The first-order valence-electron chi connectivity index (χ1n) is 17.5. The number of amides is 2. The molecule has 2 saturated heterocycles. The highest BCUT2D eigenvalue weighted by Gasteiger charge is 2.51. The van der Waals surface area contributed by atoms with E-state index >= 15 is 0 Å². The summed E-state index contributed by atoms with van der Waals surface area (Å²) in [5.41, 5.74) is 4.10. The fraction of sp³-hybridized carbons (Fsp3) is 0.513. The van der Waals surface area contributed by atoms with Crippen molar-refractivity contribution in [1.82, 2.24) is 19.7 Å². The zero-order chi connectivity index (χ0) is 34.1. The van der Waals surface area contributed by atoms with Crippen LogP contribution in [0.1, 0.15) is 70.7 Å². The predicted molar refractivity (Wildman–Crippen MR) is 185 cm³/mol. The Morgan fingerprint density at radius 3 is 2.48 bits per heavy atom. The highest BCUT2D eigenvalue weighted by atomic mass is 16.6. The summed E-state index contributed by atoms with van der Waals surface area (Å²) in [5, 5.41) is 10.7. The maximum atomic E-state index is 14.6. The van der Waals surface area contributed by atoms with Crippen LogP contribution < -0.4 is 4.74 Å². The van der Waals surface area contributed by atoms with Crippen molar-refractivity contribution >= 4 is 12.0 Å². The van der Waals surface area contributed by atoms with Gasteiger partial charge in [-0.1, -0.05) is 61.9 Å². The van der Waals surface area contributed by atoms with Crippen molar-refractivity contribution in [3.05, 3.63) is 83.6 Å². The van der Waals surface area contributed by atoms with Crippen molar-refractivity contribution in [2.75, 3.05) is 32.8 Å². The van der Waals surface area contributed by atoms with Crippen LogP contribution in [-0.4, -0.2) is 87.3 Å². The number of carbonyl (C=O) groups excluding carboxylic acids is 2. The Balaban J connectivity index is 1.37. The van der Waals surface area contributed by atoms with Gasteiger partial charge in [-0.15, -0.1) is 0 Å². The van der Waals surface area contributed by atoms with Crippen molar-refractivity contribution < 1.29 is 24.2 Å². The van der Waals surface area contributed by atoms with Gasteiger partial charge in [-0.25, -0.2) is 4.79 Å². The largest absolute Gasteiger partial charge is 0.493 e. The first kappa shape index (κ1) is 33.9. The van der Waals surface area contributed by atoms with E-state index in [-0.39, 0.29) is 30.2 Å². The molecule has 4 heterocycles. The topological polar surface area (TPSA) is 95.4 Å². The van der Waals surface area contributed by atoms with Gasteiger partial charge in [0.05, 0.1) is 37.2 Å². The van der Waals surface area contributed by atoms with Crippen LogP contribution in [0.5, 0.6) is 5.75 Å². The van der Waals surface area contributed by atoms with E-state index in [2.05, 4.69) is 54.3 Å². The van der Waals surface area contributed by atoms with Gasteiger partial charge in [0.15, 0.2) is 0 Å². The van der Waals surface area contributed by atoms with Gasteiger partial charge in [0.1, 0.15) is 17.4 Å². The normalized spacial score (nSPS) is 24.4. The van der Waals surface area contributed by atoms with Crippen LogP contribution in [0.25, 0.3) is 11.3 Å². The van der Waals surface area contributed by atoms with Gasteiger partial charge in [-0.3, -0.25) is 19.6 Å². The lowest BCUT2D eigenvalue weighted by atomic mass is 9.62. The van der Waals surface area contributed by atoms with Gasteiger partial charge in [-0.05, 0) is 75.9 Å². The number of rotatable bonds is 7. The predicted octanol–water partition coefficient (Wildman–Crippen LogP) is 6.03. The van der Waals surface area contributed by atoms with E-state index in [4.69, 9.17) is 14.5 Å². The van der Waals surface area contributed by atoms with Gasteiger partial charge in [-0.2, -0.15) is 0 Å². The van der Waals surface area contributed by atoms with Crippen molar-refractivity contribution in [3.8, 4) is 17.0 Å². The zero-order valence-electron chi connectivity index (χ0n) is 29.0. The first-order chi connectivity index (χ1) is 23.0. The number of hydrogen-bond donors (Lipinski definition) is 1. The average molecular weight is 655 g/mol. The van der Waals surface area contributed by atoms with E-state index in [0.29, 0.717) is 19.7 Å². The van der Waals surface area contributed by atoms with Gasteiger partial charge in [0, 0.05) is 37.0 Å². The summed E-state index contributed by atoms with van der Waals surface area (Å²) in [4.78, 5) is 39.0. The minimum Gasteiger partial charge on any atom is -0.493 e. The fourth-order valence-corrected chi connectivity index (χ4v) is 7.99. The number of aliphatic hydroxyl groups is 1. The number of para-hydroxylation sites is 1. The third-order valence-electron chi connectivity index (χ3n) is 10.2. The molecule has 6 rings (SSSR count). The molecule has 0 saturated carbocycles. The van der Waals surface area contributed by atoms with Crippen LogP contribution in [-0.2, 0) is 28.0 Å². The number of ether oxygens (including phenoxy) is 2. The lowest BCUT2D eigenvalue weighted by molar-refractivity contribution is -0.139. The number of fused-ring (bicyclic) bond motifs is 2. The summed E-state index contributed by atoms with van der Waals surface area (Å²) in [6.07, 6.45) is 0.661. The number of benzene rings is 2. The van der Waals surface area contributed by atoms with Gasteiger partial charge < -0.3 is 19.5 Å². The van der Waals surface area contributed by atoms with Crippen LogP contribution in [0.3, 0.4) is 0 Å². The Bertz CT molecular complexity index is 1610. The van der Waals surface area contributed by atoms with Gasteiger partial charge in [0.2, 0.25) is 5.91 Å². The van der Waals surface area contributed by atoms with E-state index in [1.165, 1.54) is 16.0 Å². The molecule has 3 aromatic rings. The summed E-state index contributed by atoms with van der Waals surface area (Å²) in [6.45, 7) is 13.8. The van der Waals surface area contributed by atoms with E-state index in [9.17, 15) is 14.7 Å². The molecule has 1 spiro atoms. The second-order valence-electron chi connectivity index (χ2n) is 14.6. The summed E-state index contributed by atoms with van der Waals surface area (Å²) in [6, 6.07) is 22.1. The number of β-amino-alcohol motifs (C(OH)–C–C–N with tert-alkyl or cyclic N) is 1. The van der Waals surface area contributed by atoms with Crippen molar-refractivity contribution in [3.63, 3.8) is 0 Å². The van der Waals surface area contributed by atoms with E-state index < -0.39 is 23.8 Å². The molecule has 3 aliphatic heterocycles. The molecule has 4 atom stereocenters. The molecule has 1 aromatic heterocycles. The van der Waals surface area contributed by atoms with Gasteiger partial charge in [0.25, 0.3) is 0 Å². The van der Waals surface area contributed by atoms with Crippen LogP contribution in [0.2, 0.25) is 0 Å². The number of hydrogen-bond acceptors (Lipinski definition) is 7. The zero-order valence-corrected chi connectivity index (χ0v) is 29.0. The monoisotopic (exact) mass is 654 g/mol. The second kappa shape index (κ2) is 13.9. The number of likely N-dealkylation sites (tertiary alicyclic amines) is 2. The summed E-state index contributed by atoms with van der Waals surface area (Å²) in [7, 11) is 0. The molecule has 2 amide bonds. The standard InChI is InChI=1S/C39H50N4O5/c1-6-28-23-41(22-27-13-9-8-10-14-27)20-19-39(28)26-42(36(45)34-21-29(44)24-43(34)37(46)48-38(3,4)5)25-33-31(39)17-18-32(40-33)30-15-11-12-16-35(30)47-7-2/h8-18,28-29,34,44H,6-7,19-26H2,1-5H3/t28-,29+,34-,39+/m1/s1. The van der Waals surface area contributed by atoms with Crippen molar-refractivity contribution in [2.45, 2.75) is 90.1 Å². The molecule has 3 aliphatic rings. The Kier molecular flexibility index (Phi) is 9.81. The number of carbonyl (C=O) groups is 2. The smallest absolute Gasteiger partial charge is 0.411 e. The molecule has 0 unspecified atom stereocenters. The molecule has 9 nitrogen and oxygen atoms in total. The SMILES string of the molecule is CCOc1ccccc1-c1ccc2c(n1)CN(C(=O)[C@H]1C[C@H](O)CN1C(=O)OC(C)(C)C)C[C@]21CCN(Cc2ccccc2)C[C@H]1CC. The number of piperidine rings is 1. The van der Waals surface area contributed by atoms with E-state index in [1.807, 2.05) is 56.9 Å². The maximum absolute atomic E-state index is 14.6. The second-order valence-corrected chi connectivity index (χ2v) is 14.6. The maximum Gasteiger partial charge on any atom is 0.411 e. The van der Waals surface area contributed by atoms with Crippen LogP contribution in [0.4, 0.5) is 4.79 Å². The minimum atomic E-state index is -0.798. The minimum absolute atomic E-state index is 0.0729. The third-order valence-corrected chi connectivity index (χ3v) is 10.2. The fourth-order valence-electron chi connectivity index (χ4n) is 7.99. The summed E-state index contributed by atoms with van der Waals surface area (Å²) >= 11 is 0. The molecule has 2 aromatic carbocycles. The van der Waals surface area contributed by atoms with Crippen molar-refractivity contribution in [2.24, 2.45) is 5.92 Å². The lowest BCUT2D eigenvalue weighted by Crippen LogP contribution is -2.60. The number of pyridine rings is 1. The third kappa shape index (κ3) is 6.94. The number of nitrogens with zero attached hydrogens (tertiary/aromatic N) is 4. The Morgan fingerprint density at radius 1 is 1.00 bits per heavy atom. The Hall–Kier alpha value is -3.95. The molecule has 0 radical (unpaired) electrons. The number of aliphatic hydroxyl groups excluding tert-OH is 1. The molecule has 0 aliphatic carbocycles. The molecule has 1 N–H and O–H groups in total. The summed E-state index contributed by atoms with van der Waals surface area (Å²) < 4.78 is 11.6. The molecular formula is C39H50N4O5. The Labute approximate surface area is 284 Å². The van der Waals surface area contributed by atoms with Crippen LogP contribution in [0.15, 0.2) is 66.7 Å².